The number of benzene rings is 1. The summed E-state index contributed by atoms with van der Waals surface area (Å²) in [4.78, 5) is 19.1. The number of aliphatic imine (C=N–C) groups is 1. The molecule has 0 aromatic heterocycles. The highest BCUT2D eigenvalue weighted by atomic mass is 16.1. The van der Waals surface area contributed by atoms with Crippen molar-refractivity contribution in [1.29, 1.82) is 0 Å². The maximum Gasteiger partial charge on any atom is 0.222 e. The molecule has 1 aromatic carbocycles. The first-order chi connectivity index (χ1) is 13.0. The average molecular weight is 374 g/mol. The predicted octanol–water partition coefficient (Wildman–Crippen LogP) is 1.98. The number of guanidine groups is 1. The zero-order chi connectivity index (χ0) is 19.6. The number of likely N-dealkylation sites (tertiary alicyclic amines) is 1. The van der Waals surface area contributed by atoms with E-state index in [1.54, 1.807) is 0 Å². The van der Waals surface area contributed by atoms with Gasteiger partial charge in [0, 0.05) is 44.7 Å². The first-order valence-electron chi connectivity index (χ1n) is 10.1. The fourth-order valence-corrected chi connectivity index (χ4v) is 3.26. The molecule has 27 heavy (non-hydrogen) atoms. The van der Waals surface area contributed by atoms with Gasteiger partial charge in [-0.1, -0.05) is 37.3 Å². The lowest BCUT2D eigenvalue weighted by Crippen LogP contribution is -2.47. The first kappa shape index (κ1) is 21.2. The lowest BCUT2D eigenvalue weighted by atomic mass is 10.1. The molecule has 1 saturated heterocycles. The van der Waals surface area contributed by atoms with E-state index in [0.717, 1.165) is 31.2 Å². The summed E-state index contributed by atoms with van der Waals surface area (Å²) in [6, 6.07) is 10.9. The monoisotopic (exact) mass is 373 g/mol. The van der Waals surface area contributed by atoms with Gasteiger partial charge >= 0.3 is 0 Å². The van der Waals surface area contributed by atoms with Crippen LogP contribution in [0.4, 0.5) is 0 Å². The quantitative estimate of drug-likeness (QED) is 0.481. The number of hydrogen-bond acceptors (Lipinski definition) is 3. The zero-order valence-corrected chi connectivity index (χ0v) is 17.2. The molecule has 2 atom stereocenters. The van der Waals surface area contributed by atoms with E-state index in [-0.39, 0.29) is 5.91 Å². The summed E-state index contributed by atoms with van der Waals surface area (Å²) >= 11 is 0. The standard InChI is InChI=1S/C21H35N5O/c1-5-22-21(25-19-15-26(16(2)3)14-17(19)4)23-12-11-20(27)24-13-18-9-7-6-8-10-18/h6-10,16-17,19H,5,11-15H2,1-4H3,(H,24,27)(H2,22,23,25). The minimum absolute atomic E-state index is 0.0265. The minimum Gasteiger partial charge on any atom is -0.357 e. The molecular formula is C21H35N5O. The molecule has 0 aliphatic carbocycles. The maximum atomic E-state index is 12.0. The number of hydrogen-bond donors (Lipinski definition) is 3. The largest absolute Gasteiger partial charge is 0.357 e. The van der Waals surface area contributed by atoms with Crippen molar-refractivity contribution >= 4 is 11.9 Å². The molecule has 0 spiro atoms. The summed E-state index contributed by atoms with van der Waals surface area (Å²) in [5.41, 5.74) is 1.11. The van der Waals surface area contributed by atoms with Crippen molar-refractivity contribution in [3.63, 3.8) is 0 Å². The Bertz CT molecular complexity index is 602. The molecule has 1 aliphatic heterocycles. The van der Waals surface area contributed by atoms with Gasteiger partial charge in [0.25, 0.3) is 0 Å². The van der Waals surface area contributed by atoms with Gasteiger partial charge in [0.1, 0.15) is 0 Å². The van der Waals surface area contributed by atoms with Gasteiger partial charge in [0.15, 0.2) is 5.96 Å². The van der Waals surface area contributed by atoms with Crippen LogP contribution in [0.15, 0.2) is 35.3 Å². The van der Waals surface area contributed by atoms with Crippen LogP contribution in [0, 0.1) is 5.92 Å². The summed E-state index contributed by atoms with van der Waals surface area (Å²) in [7, 11) is 0. The van der Waals surface area contributed by atoms with Gasteiger partial charge in [0.2, 0.25) is 5.91 Å². The second-order valence-corrected chi connectivity index (χ2v) is 7.55. The molecule has 6 heteroatoms. The summed E-state index contributed by atoms with van der Waals surface area (Å²) in [5.74, 6) is 1.40. The Balaban J connectivity index is 1.78. The van der Waals surface area contributed by atoms with E-state index in [9.17, 15) is 4.79 Å². The minimum atomic E-state index is 0.0265. The second kappa shape index (κ2) is 10.9. The lowest BCUT2D eigenvalue weighted by Gasteiger charge is -2.21. The van der Waals surface area contributed by atoms with Crippen molar-refractivity contribution < 1.29 is 4.79 Å². The second-order valence-electron chi connectivity index (χ2n) is 7.55. The fourth-order valence-electron chi connectivity index (χ4n) is 3.26. The van der Waals surface area contributed by atoms with Crippen LogP contribution in [0.1, 0.15) is 39.7 Å². The molecule has 150 valence electrons. The molecule has 2 unspecified atom stereocenters. The molecule has 3 N–H and O–H groups in total. The number of carbonyl (C=O) groups excluding carboxylic acids is 1. The van der Waals surface area contributed by atoms with E-state index >= 15 is 0 Å². The topological polar surface area (TPSA) is 68.8 Å². The van der Waals surface area contributed by atoms with E-state index in [1.165, 1.54) is 0 Å². The smallest absolute Gasteiger partial charge is 0.222 e. The number of rotatable bonds is 8. The Morgan fingerprint density at radius 1 is 1.22 bits per heavy atom. The lowest BCUT2D eigenvalue weighted by molar-refractivity contribution is -0.121. The van der Waals surface area contributed by atoms with Crippen molar-refractivity contribution in [1.82, 2.24) is 20.9 Å². The summed E-state index contributed by atoms with van der Waals surface area (Å²) in [6.45, 7) is 12.8. The third-order valence-corrected chi connectivity index (χ3v) is 4.98. The van der Waals surface area contributed by atoms with Gasteiger partial charge in [-0.3, -0.25) is 14.7 Å². The van der Waals surface area contributed by atoms with Gasteiger partial charge in [-0.25, -0.2) is 0 Å². The van der Waals surface area contributed by atoms with E-state index in [4.69, 9.17) is 0 Å². The molecular weight excluding hydrogens is 338 g/mol. The highest BCUT2D eigenvalue weighted by Crippen LogP contribution is 2.18. The van der Waals surface area contributed by atoms with Crippen LogP contribution in [0.2, 0.25) is 0 Å². The van der Waals surface area contributed by atoms with Gasteiger partial charge < -0.3 is 16.0 Å². The van der Waals surface area contributed by atoms with Crippen LogP contribution in [0.5, 0.6) is 0 Å². The van der Waals surface area contributed by atoms with Crippen LogP contribution in [0.25, 0.3) is 0 Å². The zero-order valence-electron chi connectivity index (χ0n) is 17.2. The third kappa shape index (κ3) is 7.21. The molecule has 0 radical (unpaired) electrons. The van der Waals surface area contributed by atoms with Crippen molar-refractivity contribution in [3.05, 3.63) is 35.9 Å². The molecule has 1 aromatic rings. The van der Waals surface area contributed by atoms with Crippen LogP contribution < -0.4 is 16.0 Å². The Labute approximate surface area is 163 Å². The molecule has 2 rings (SSSR count). The Morgan fingerprint density at radius 2 is 1.96 bits per heavy atom. The van der Waals surface area contributed by atoms with Crippen LogP contribution in [-0.4, -0.2) is 55.0 Å². The summed E-state index contributed by atoms with van der Waals surface area (Å²) < 4.78 is 0. The molecule has 1 amide bonds. The molecule has 1 heterocycles. The number of nitrogens with zero attached hydrogens (tertiary/aromatic N) is 2. The molecule has 1 fully saturated rings. The van der Waals surface area contributed by atoms with E-state index < -0.39 is 0 Å². The third-order valence-electron chi connectivity index (χ3n) is 4.98. The SMILES string of the molecule is CCNC(=NCCC(=O)NCc1ccccc1)NC1CN(C(C)C)CC1C. The highest BCUT2D eigenvalue weighted by molar-refractivity contribution is 5.81. The molecule has 0 bridgehead atoms. The van der Waals surface area contributed by atoms with E-state index in [1.807, 2.05) is 30.3 Å². The molecule has 0 saturated carbocycles. The maximum absolute atomic E-state index is 12.0. The van der Waals surface area contributed by atoms with Gasteiger partial charge in [0.05, 0.1) is 6.54 Å². The number of carbonyl (C=O) groups is 1. The Kier molecular flexibility index (Phi) is 8.58. The first-order valence-corrected chi connectivity index (χ1v) is 10.1. The Morgan fingerprint density at radius 3 is 2.59 bits per heavy atom. The van der Waals surface area contributed by atoms with Gasteiger partial charge in [-0.05, 0) is 32.3 Å². The van der Waals surface area contributed by atoms with Crippen molar-refractivity contribution in [2.24, 2.45) is 10.9 Å². The predicted molar refractivity (Wildman–Crippen MR) is 112 cm³/mol. The van der Waals surface area contributed by atoms with Crippen molar-refractivity contribution in [2.45, 2.75) is 52.7 Å². The number of amides is 1. The van der Waals surface area contributed by atoms with Crippen LogP contribution in [-0.2, 0) is 11.3 Å². The fraction of sp³-hybridized carbons (Fsp3) is 0.619. The van der Waals surface area contributed by atoms with Crippen molar-refractivity contribution in [3.8, 4) is 0 Å². The average Bonchev–Trinajstić information content (AvgIpc) is 3.02. The molecule has 6 nitrogen and oxygen atoms in total. The Hall–Kier alpha value is -2.08. The summed E-state index contributed by atoms with van der Waals surface area (Å²) in [6.07, 6.45) is 0.391. The van der Waals surface area contributed by atoms with Crippen LogP contribution >= 0.6 is 0 Å². The van der Waals surface area contributed by atoms with E-state index in [0.29, 0.717) is 37.5 Å². The molecule has 1 aliphatic rings. The summed E-state index contributed by atoms with van der Waals surface area (Å²) in [5, 5.41) is 9.79. The normalized spacial score (nSPS) is 20.7. The highest BCUT2D eigenvalue weighted by Gasteiger charge is 2.31. The van der Waals surface area contributed by atoms with Gasteiger partial charge in [-0.15, -0.1) is 0 Å². The van der Waals surface area contributed by atoms with Crippen LogP contribution in [0.3, 0.4) is 0 Å². The number of nitrogens with one attached hydrogen (secondary N) is 3. The van der Waals surface area contributed by atoms with E-state index in [2.05, 4.69) is 53.5 Å². The van der Waals surface area contributed by atoms with Crippen molar-refractivity contribution in [2.75, 3.05) is 26.2 Å². The van der Waals surface area contributed by atoms with Gasteiger partial charge in [-0.2, -0.15) is 0 Å².